The van der Waals surface area contributed by atoms with Crippen molar-refractivity contribution in [2.24, 2.45) is 23.5 Å². The number of primary amides is 1. The molecule has 1 heterocycles. The van der Waals surface area contributed by atoms with Crippen molar-refractivity contribution >= 4 is 58.3 Å². The van der Waals surface area contributed by atoms with E-state index in [1.54, 1.807) is 42.6 Å². The summed E-state index contributed by atoms with van der Waals surface area (Å²) >= 11 is 0. The molecule has 4 aliphatic carbocycles. The smallest absolute Gasteiger partial charge is 0.408 e. The molecule has 0 saturated heterocycles. The van der Waals surface area contributed by atoms with E-state index in [2.05, 4.69) is 31.6 Å². The fourth-order valence-corrected chi connectivity index (χ4v) is 10.6. The van der Waals surface area contributed by atoms with Gasteiger partial charge in [0.2, 0.25) is 23.6 Å². The number of carbonyl (C=O) groups excluding carboxylic acids is 6. The second-order valence-electron chi connectivity index (χ2n) is 18.7. The van der Waals surface area contributed by atoms with Gasteiger partial charge in [0.25, 0.3) is 0 Å². The highest BCUT2D eigenvalue weighted by Gasteiger charge is 2.53. The minimum absolute atomic E-state index is 0.00681. The first-order valence-corrected chi connectivity index (χ1v) is 23.2. The summed E-state index contributed by atoms with van der Waals surface area (Å²) in [6.07, 6.45) is 6.72. The third kappa shape index (κ3) is 12.5. The highest BCUT2D eigenvalue weighted by molar-refractivity contribution is 5.97. The number of anilines is 1. The third-order valence-corrected chi connectivity index (χ3v) is 13.6. The summed E-state index contributed by atoms with van der Waals surface area (Å²) in [4.78, 5) is 98.8. The Labute approximate surface area is 389 Å². The Bertz CT molecular complexity index is 2400. The molecule has 9 N–H and O–H groups in total. The zero-order chi connectivity index (χ0) is 47.7. The number of unbranched alkanes of at least 4 members (excludes halogenated alkanes) is 1. The van der Waals surface area contributed by atoms with Crippen molar-refractivity contribution < 1.29 is 43.4 Å². The van der Waals surface area contributed by atoms with Crippen LogP contribution < -0.4 is 32.3 Å². The Morgan fingerprint density at radius 1 is 0.791 bits per heavy atom. The maximum Gasteiger partial charge on any atom is 0.408 e. The first-order valence-electron chi connectivity index (χ1n) is 23.2. The van der Waals surface area contributed by atoms with Crippen molar-refractivity contribution in [3.63, 3.8) is 0 Å². The number of para-hydroxylation sites is 2. The molecule has 0 radical (unpaired) electrons. The Balaban J connectivity index is 1.10. The van der Waals surface area contributed by atoms with Crippen molar-refractivity contribution in [3.8, 4) is 0 Å². The number of nitrogens with zero attached hydrogens (tertiary/aromatic N) is 1. The van der Waals surface area contributed by atoms with Gasteiger partial charge in [0.15, 0.2) is 0 Å². The van der Waals surface area contributed by atoms with E-state index in [1.165, 1.54) is 7.05 Å². The number of urea groups is 1. The zero-order valence-corrected chi connectivity index (χ0v) is 38.1. The summed E-state index contributed by atoms with van der Waals surface area (Å²) in [5.41, 5.74) is 8.86. The quantitative estimate of drug-likeness (QED) is 0.0519. The summed E-state index contributed by atoms with van der Waals surface area (Å²) in [6.45, 7) is 2.08. The van der Waals surface area contributed by atoms with E-state index < -0.39 is 77.9 Å². The number of amides is 7. The molecule has 4 bridgehead atoms. The number of aromatic nitrogens is 1. The fourth-order valence-electron chi connectivity index (χ4n) is 10.6. The number of benzene rings is 3. The molecule has 3 aromatic carbocycles. The molecule has 8 rings (SSSR count). The Morgan fingerprint density at radius 3 is 2.10 bits per heavy atom. The van der Waals surface area contributed by atoms with Crippen molar-refractivity contribution in [3.05, 3.63) is 102 Å². The average Bonchev–Trinajstić information content (AvgIpc) is 3.69. The van der Waals surface area contributed by atoms with Crippen LogP contribution in [0.5, 0.6) is 0 Å². The van der Waals surface area contributed by atoms with E-state index in [1.807, 2.05) is 49.4 Å². The van der Waals surface area contributed by atoms with E-state index in [9.17, 15) is 38.7 Å². The molecule has 4 saturated carbocycles. The number of rotatable bonds is 21. The van der Waals surface area contributed by atoms with Crippen LogP contribution >= 0.6 is 0 Å². The van der Waals surface area contributed by atoms with E-state index in [0.717, 1.165) is 65.5 Å². The standard InChI is InChI=1S/C50H62N8O9/c1-30-12-6-8-16-37(30)56-48(65)52-19-11-10-18-39(47(64)58(2)42(25-43(59)60)46(63)55-40(44(51)61)23-31-13-4-3-5-14-31)54-45(62)41(24-35-29-53-38-17-9-7-15-36(35)38)57-49(66)67-50-26-32-20-33(27-50)22-34(21-32)28-50/h3-9,12-17,29,32-34,39-42,53H,10-11,18-28H2,1-2H3,(H2,51,61)(H,54,62)(H,55,63)(H,57,66)(H,59,60)(H2,52,56,65)/t32?,33?,34?,39-,40-,41-,42-,50?/m0/s1. The van der Waals surface area contributed by atoms with E-state index >= 15 is 0 Å². The zero-order valence-electron chi connectivity index (χ0n) is 38.1. The molecule has 0 spiro atoms. The Kier molecular flexibility index (Phi) is 15.5. The molecular weight excluding hydrogens is 857 g/mol. The van der Waals surface area contributed by atoms with Crippen LogP contribution in [0.1, 0.15) is 80.9 Å². The van der Waals surface area contributed by atoms with Gasteiger partial charge in [-0.3, -0.25) is 24.0 Å². The Morgan fingerprint density at radius 2 is 1.43 bits per heavy atom. The minimum atomic E-state index is -1.62. The molecule has 0 unspecified atom stereocenters. The second kappa shape index (κ2) is 21.6. The number of hydrogen-bond acceptors (Lipinski definition) is 8. The molecular formula is C50H62N8O9. The van der Waals surface area contributed by atoms with Crippen LogP contribution in [0.2, 0.25) is 0 Å². The number of fused-ring (bicyclic) bond motifs is 1. The number of aromatic amines is 1. The number of nitrogens with two attached hydrogens (primary N) is 1. The minimum Gasteiger partial charge on any atom is -0.481 e. The van der Waals surface area contributed by atoms with Crippen LogP contribution in [-0.4, -0.2) is 100 Å². The second-order valence-corrected chi connectivity index (χ2v) is 18.7. The van der Waals surface area contributed by atoms with Gasteiger partial charge in [0.1, 0.15) is 29.8 Å². The third-order valence-electron chi connectivity index (χ3n) is 13.6. The topological polar surface area (TPSA) is 254 Å². The van der Waals surface area contributed by atoms with Crippen LogP contribution in [0, 0.1) is 24.7 Å². The lowest BCUT2D eigenvalue weighted by atomic mass is 9.54. The van der Waals surface area contributed by atoms with Crippen molar-refractivity contribution in [2.75, 3.05) is 18.9 Å². The monoisotopic (exact) mass is 918 g/mol. The van der Waals surface area contributed by atoms with Crippen molar-refractivity contribution in [2.45, 2.75) is 114 Å². The number of H-pyrrole nitrogens is 1. The average molecular weight is 919 g/mol. The van der Waals surface area contributed by atoms with Gasteiger partial charge in [0.05, 0.1) is 6.42 Å². The number of alkyl carbamates (subject to hydrolysis) is 1. The summed E-state index contributed by atoms with van der Waals surface area (Å²) in [5.74, 6) is -3.17. The van der Waals surface area contributed by atoms with E-state index in [4.69, 9.17) is 10.5 Å². The molecule has 4 aliphatic rings. The van der Waals surface area contributed by atoms with Gasteiger partial charge in [0, 0.05) is 49.2 Å². The van der Waals surface area contributed by atoms with Gasteiger partial charge in [-0.1, -0.05) is 66.7 Å². The summed E-state index contributed by atoms with van der Waals surface area (Å²) < 4.78 is 6.28. The number of carbonyl (C=O) groups is 7. The van der Waals surface area contributed by atoms with Gasteiger partial charge in [-0.05, 0) is 111 Å². The van der Waals surface area contributed by atoms with Gasteiger partial charge in [-0.2, -0.15) is 0 Å². The molecule has 4 fully saturated rings. The van der Waals surface area contributed by atoms with Gasteiger partial charge in [-0.15, -0.1) is 0 Å². The molecule has 4 atom stereocenters. The van der Waals surface area contributed by atoms with Crippen LogP contribution in [0.25, 0.3) is 10.9 Å². The normalized spacial score (nSPS) is 21.0. The Hall–Kier alpha value is -6.91. The number of hydrogen-bond donors (Lipinski definition) is 8. The number of likely N-dealkylation sites (N-methyl/N-ethyl adjacent to an activating group) is 1. The van der Waals surface area contributed by atoms with Gasteiger partial charge in [-0.25, -0.2) is 9.59 Å². The molecule has 17 nitrogen and oxygen atoms in total. The molecule has 1 aromatic heterocycles. The lowest BCUT2D eigenvalue weighted by Crippen LogP contribution is -2.59. The maximum absolute atomic E-state index is 14.6. The van der Waals surface area contributed by atoms with Crippen LogP contribution in [0.4, 0.5) is 15.3 Å². The highest BCUT2D eigenvalue weighted by atomic mass is 16.6. The number of carboxylic acids is 1. The molecule has 67 heavy (non-hydrogen) atoms. The maximum atomic E-state index is 14.6. The largest absolute Gasteiger partial charge is 0.481 e. The predicted molar refractivity (Wildman–Crippen MR) is 250 cm³/mol. The van der Waals surface area contributed by atoms with E-state index in [0.29, 0.717) is 41.8 Å². The number of ether oxygens (including phenoxy) is 1. The molecule has 356 valence electrons. The SMILES string of the molecule is Cc1ccccc1NC(=O)NCCCC[C@H](NC(=O)[C@H](Cc1c[nH]c2ccccc12)NC(=O)OC12CC3CC(CC(C3)C1)C2)C(=O)N(C)[C@@H](CC(=O)O)C(=O)N[C@@H](Cc1ccccc1)C(N)=O. The molecule has 4 aromatic rings. The predicted octanol–water partition coefficient (Wildman–Crippen LogP) is 5.07. The van der Waals surface area contributed by atoms with Crippen LogP contribution in [0.3, 0.4) is 0 Å². The van der Waals surface area contributed by atoms with Crippen LogP contribution in [0.15, 0.2) is 85.1 Å². The number of aryl methyl sites for hydroxylation is 1. The summed E-state index contributed by atoms with van der Waals surface area (Å²) in [7, 11) is 1.26. The summed E-state index contributed by atoms with van der Waals surface area (Å²) in [6, 6.07) is 17.8. The molecule has 0 aliphatic heterocycles. The van der Waals surface area contributed by atoms with Crippen LogP contribution in [-0.2, 0) is 41.6 Å². The fraction of sp³-hybridized carbons (Fsp3) is 0.460. The first-order chi connectivity index (χ1) is 32.1. The summed E-state index contributed by atoms with van der Waals surface area (Å²) in [5, 5.41) is 24.6. The number of carboxylic acid groups (broad SMARTS) is 1. The number of aliphatic carboxylic acids is 1. The van der Waals surface area contributed by atoms with Gasteiger partial charge < -0.3 is 52.0 Å². The molecule has 7 amide bonds. The lowest BCUT2D eigenvalue weighted by molar-refractivity contribution is -0.147. The number of nitrogens with one attached hydrogen (secondary N) is 6. The van der Waals surface area contributed by atoms with Crippen molar-refractivity contribution in [1.82, 2.24) is 31.2 Å². The van der Waals surface area contributed by atoms with E-state index in [-0.39, 0.29) is 25.8 Å². The van der Waals surface area contributed by atoms with Gasteiger partial charge >= 0.3 is 18.1 Å². The molecule has 17 heteroatoms. The first kappa shape index (κ1) is 48.0. The lowest BCUT2D eigenvalue weighted by Gasteiger charge is -2.55. The van der Waals surface area contributed by atoms with Crippen molar-refractivity contribution in [1.29, 1.82) is 0 Å². The highest BCUT2D eigenvalue weighted by Crippen LogP contribution is 2.57.